The zero-order valence-electron chi connectivity index (χ0n) is 7.83. The van der Waals surface area contributed by atoms with Gasteiger partial charge in [0.05, 0.1) is 4.92 Å². The van der Waals surface area contributed by atoms with Crippen molar-refractivity contribution < 1.29 is 4.92 Å². The van der Waals surface area contributed by atoms with Crippen LogP contribution in [0.2, 0.25) is 0 Å². The minimum atomic E-state index is -0.713. The average Bonchev–Trinajstić information content (AvgIpc) is 2.25. The zero-order valence-corrected chi connectivity index (χ0v) is 7.83. The smallest absolute Gasteiger partial charge is 0.258 e. The number of nitrogens with zero attached hydrogens (tertiary/aromatic N) is 2. The zero-order chi connectivity index (χ0) is 11.1. The number of rotatable bonds is 3. The Morgan fingerprint density at radius 2 is 2.07 bits per heavy atom. The molecule has 0 unspecified atom stereocenters. The van der Waals surface area contributed by atoms with E-state index in [4.69, 9.17) is 5.26 Å². The molecule has 0 heterocycles. The monoisotopic (exact) mass is 200 g/mol. The van der Waals surface area contributed by atoms with Crippen molar-refractivity contribution in [2.24, 2.45) is 0 Å². The van der Waals surface area contributed by atoms with Gasteiger partial charge in [-0.1, -0.05) is 42.5 Å². The van der Waals surface area contributed by atoms with E-state index in [0.717, 1.165) is 5.56 Å². The van der Waals surface area contributed by atoms with Crippen molar-refractivity contribution in [3.63, 3.8) is 0 Å². The summed E-state index contributed by atoms with van der Waals surface area (Å²) in [6.07, 6.45) is 4.35. The van der Waals surface area contributed by atoms with Crippen molar-refractivity contribution >= 4 is 6.08 Å². The van der Waals surface area contributed by atoms with Gasteiger partial charge in [0.1, 0.15) is 0 Å². The lowest BCUT2D eigenvalue weighted by atomic mass is 10.2. The maximum atomic E-state index is 10.3. The van der Waals surface area contributed by atoms with Crippen LogP contribution in [0.15, 0.2) is 48.2 Å². The van der Waals surface area contributed by atoms with Crippen LogP contribution in [0, 0.1) is 21.4 Å². The van der Waals surface area contributed by atoms with Crippen molar-refractivity contribution in [3.8, 4) is 6.07 Å². The molecule has 0 aromatic heterocycles. The fraction of sp³-hybridized carbons (Fsp3) is 0. The molecule has 0 aliphatic heterocycles. The third-order valence-electron chi connectivity index (χ3n) is 1.65. The molecule has 15 heavy (non-hydrogen) atoms. The Hall–Kier alpha value is -2.41. The normalized spacial score (nSPS) is 11.3. The third kappa shape index (κ3) is 3.44. The van der Waals surface area contributed by atoms with Crippen LogP contribution >= 0.6 is 0 Å². The van der Waals surface area contributed by atoms with E-state index in [1.54, 1.807) is 6.08 Å². The van der Waals surface area contributed by atoms with E-state index in [2.05, 4.69) is 0 Å². The summed E-state index contributed by atoms with van der Waals surface area (Å²) >= 11 is 0. The minimum absolute atomic E-state index is 0.470. The standard InChI is InChI=1S/C11H8N2O2/c12-9-11(13(14)15)8-4-7-10-5-2-1-3-6-10/h1-8H/b7-4+,11-8+. The van der Waals surface area contributed by atoms with E-state index in [9.17, 15) is 10.1 Å². The summed E-state index contributed by atoms with van der Waals surface area (Å²) in [5.41, 5.74) is 0.455. The first kappa shape index (κ1) is 10.7. The molecule has 0 atom stereocenters. The van der Waals surface area contributed by atoms with E-state index in [-0.39, 0.29) is 0 Å². The Labute approximate surface area is 86.9 Å². The Kier molecular flexibility index (Phi) is 3.80. The van der Waals surface area contributed by atoms with E-state index in [1.807, 2.05) is 30.3 Å². The molecule has 1 rings (SSSR count). The highest BCUT2D eigenvalue weighted by atomic mass is 16.6. The predicted octanol–water partition coefficient (Wildman–Crippen LogP) is 2.38. The molecule has 4 heteroatoms. The molecule has 0 spiro atoms. The van der Waals surface area contributed by atoms with E-state index in [0.29, 0.717) is 0 Å². The number of nitriles is 1. The Balaban J connectivity index is 2.76. The number of allylic oxidation sites excluding steroid dienone is 3. The van der Waals surface area contributed by atoms with Gasteiger partial charge in [-0.3, -0.25) is 10.1 Å². The lowest BCUT2D eigenvalue weighted by Crippen LogP contribution is -1.94. The highest BCUT2D eigenvalue weighted by Gasteiger charge is 2.04. The maximum absolute atomic E-state index is 10.3. The maximum Gasteiger partial charge on any atom is 0.345 e. The molecule has 0 saturated carbocycles. The molecule has 1 aromatic rings. The van der Waals surface area contributed by atoms with E-state index >= 15 is 0 Å². The molecule has 0 N–H and O–H groups in total. The Bertz CT molecular complexity index is 441. The first-order valence-electron chi connectivity index (χ1n) is 4.22. The predicted molar refractivity (Wildman–Crippen MR) is 56.2 cm³/mol. The number of hydrogen-bond donors (Lipinski definition) is 0. The summed E-state index contributed by atoms with van der Waals surface area (Å²) in [4.78, 5) is 9.54. The van der Waals surface area contributed by atoms with Crippen LogP contribution in [0.3, 0.4) is 0 Å². The molecular formula is C11H8N2O2. The summed E-state index contributed by atoms with van der Waals surface area (Å²) in [6.45, 7) is 0. The summed E-state index contributed by atoms with van der Waals surface area (Å²) in [5.74, 6) is 0. The second kappa shape index (κ2) is 5.35. The Morgan fingerprint density at radius 1 is 1.40 bits per heavy atom. The molecule has 74 valence electrons. The number of hydrogen-bond acceptors (Lipinski definition) is 3. The molecule has 4 nitrogen and oxygen atoms in total. The van der Waals surface area contributed by atoms with Gasteiger partial charge in [-0.05, 0) is 5.56 Å². The van der Waals surface area contributed by atoms with Crippen LogP contribution in [-0.4, -0.2) is 4.92 Å². The first-order valence-corrected chi connectivity index (χ1v) is 4.22. The van der Waals surface area contributed by atoms with Crippen molar-refractivity contribution in [2.45, 2.75) is 0 Å². The van der Waals surface area contributed by atoms with Gasteiger partial charge in [-0.25, -0.2) is 0 Å². The van der Waals surface area contributed by atoms with E-state index in [1.165, 1.54) is 18.2 Å². The number of benzene rings is 1. The molecule has 0 aliphatic rings. The molecule has 1 aromatic carbocycles. The van der Waals surface area contributed by atoms with Crippen molar-refractivity contribution in [1.29, 1.82) is 5.26 Å². The van der Waals surface area contributed by atoms with Gasteiger partial charge in [-0.2, -0.15) is 5.26 Å². The lowest BCUT2D eigenvalue weighted by molar-refractivity contribution is -0.417. The van der Waals surface area contributed by atoms with Gasteiger partial charge < -0.3 is 0 Å². The third-order valence-corrected chi connectivity index (χ3v) is 1.65. The van der Waals surface area contributed by atoms with Gasteiger partial charge in [0, 0.05) is 6.08 Å². The fourth-order valence-electron chi connectivity index (χ4n) is 0.953. The van der Waals surface area contributed by atoms with Crippen LogP contribution in [0.1, 0.15) is 5.56 Å². The largest absolute Gasteiger partial charge is 0.345 e. The van der Waals surface area contributed by atoms with Crippen molar-refractivity contribution in [1.82, 2.24) is 0 Å². The van der Waals surface area contributed by atoms with Crippen LogP contribution < -0.4 is 0 Å². The van der Waals surface area contributed by atoms with Crippen LogP contribution in [0.4, 0.5) is 0 Å². The molecule has 0 saturated heterocycles. The van der Waals surface area contributed by atoms with Gasteiger partial charge in [0.15, 0.2) is 6.07 Å². The average molecular weight is 200 g/mol. The second-order valence-corrected chi connectivity index (χ2v) is 2.69. The van der Waals surface area contributed by atoms with Gasteiger partial charge in [0.25, 0.3) is 0 Å². The topological polar surface area (TPSA) is 66.9 Å². The molecule has 0 aliphatic carbocycles. The fourth-order valence-corrected chi connectivity index (χ4v) is 0.953. The van der Waals surface area contributed by atoms with Gasteiger partial charge >= 0.3 is 5.70 Å². The highest BCUT2D eigenvalue weighted by molar-refractivity contribution is 5.51. The molecule has 0 bridgehead atoms. The van der Waals surface area contributed by atoms with E-state index < -0.39 is 10.6 Å². The minimum Gasteiger partial charge on any atom is -0.258 e. The highest BCUT2D eigenvalue weighted by Crippen LogP contribution is 2.02. The number of nitro groups is 1. The molecule has 0 amide bonds. The van der Waals surface area contributed by atoms with Gasteiger partial charge in [0.2, 0.25) is 0 Å². The summed E-state index contributed by atoms with van der Waals surface area (Å²) < 4.78 is 0. The first-order chi connectivity index (χ1) is 7.24. The van der Waals surface area contributed by atoms with Crippen LogP contribution in [-0.2, 0) is 0 Å². The molecular weight excluding hydrogens is 192 g/mol. The van der Waals surface area contributed by atoms with Crippen molar-refractivity contribution in [2.75, 3.05) is 0 Å². The van der Waals surface area contributed by atoms with Gasteiger partial charge in [-0.15, -0.1) is 0 Å². The summed E-state index contributed by atoms with van der Waals surface area (Å²) in [7, 11) is 0. The quantitative estimate of drug-likeness (QED) is 0.325. The molecule has 0 fully saturated rings. The van der Waals surface area contributed by atoms with Crippen LogP contribution in [0.25, 0.3) is 6.08 Å². The van der Waals surface area contributed by atoms with Crippen LogP contribution in [0.5, 0.6) is 0 Å². The summed E-state index contributed by atoms with van der Waals surface area (Å²) in [6, 6.07) is 10.8. The SMILES string of the molecule is N#C/C(=C\C=C\c1ccccc1)[N+](=O)[O-]. The second-order valence-electron chi connectivity index (χ2n) is 2.69. The molecule has 0 radical (unpaired) electrons. The Morgan fingerprint density at radius 3 is 2.60 bits per heavy atom. The van der Waals surface area contributed by atoms with Crippen molar-refractivity contribution in [3.05, 3.63) is 63.9 Å². The lowest BCUT2D eigenvalue weighted by Gasteiger charge is -1.88. The summed E-state index contributed by atoms with van der Waals surface area (Å²) in [5, 5.41) is 18.7.